The van der Waals surface area contributed by atoms with Crippen LogP contribution in [0.2, 0.25) is 0 Å². The molecule has 2 fully saturated rings. The summed E-state index contributed by atoms with van der Waals surface area (Å²) < 4.78 is 47.8. The zero-order valence-electron chi connectivity index (χ0n) is 43.4. The van der Waals surface area contributed by atoms with E-state index < -0.39 is 23.1 Å². The molecule has 390 valence electrons. The van der Waals surface area contributed by atoms with Crippen LogP contribution in [-0.4, -0.2) is 66.7 Å². The molecule has 0 bridgehead atoms. The normalized spacial score (nSPS) is 18.7. The number of hydrogen-bond acceptors (Lipinski definition) is 10. The van der Waals surface area contributed by atoms with Crippen molar-refractivity contribution in [3.05, 3.63) is 153 Å². The zero-order valence-corrected chi connectivity index (χ0v) is 43.4. The maximum absolute atomic E-state index is 15.2. The third kappa shape index (κ3) is 13.1. The Morgan fingerprint density at radius 1 is 0.676 bits per heavy atom. The van der Waals surface area contributed by atoms with Crippen LogP contribution in [0.4, 0.5) is 14.6 Å². The molecule has 0 radical (unpaired) electrons. The zero-order chi connectivity index (χ0) is 53.2. The van der Waals surface area contributed by atoms with Crippen molar-refractivity contribution >= 4 is 17.8 Å². The number of halogens is 2. The van der Waals surface area contributed by atoms with Crippen LogP contribution >= 0.6 is 0 Å². The van der Waals surface area contributed by atoms with E-state index in [1.54, 1.807) is 46.2 Å². The Kier molecular flexibility index (Phi) is 15.8. The fraction of sp³-hybridized carbons (Fsp3) is 0.400. The Balaban J connectivity index is 0.000000197. The molecular weight excluding hydrogens is 945 g/mol. The van der Waals surface area contributed by atoms with Crippen molar-refractivity contribution in [3.63, 3.8) is 0 Å². The molecule has 2 saturated carbocycles. The summed E-state index contributed by atoms with van der Waals surface area (Å²) in [6, 6.07) is 23.9. The average molecular weight is 1010 g/mol. The molecule has 74 heavy (non-hydrogen) atoms. The van der Waals surface area contributed by atoms with Crippen molar-refractivity contribution in [2.45, 2.75) is 130 Å². The first-order valence-electron chi connectivity index (χ1n) is 25.3. The predicted molar refractivity (Wildman–Crippen MR) is 280 cm³/mol. The van der Waals surface area contributed by atoms with Gasteiger partial charge in [0.05, 0.1) is 54.3 Å². The van der Waals surface area contributed by atoms with E-state index in [1.807, 2.05) is 88.4 Å². The highest BCUT2D eigenvalue weighted by Crippen LogP contribution is 2.49. The summed E-state index contributed by atoms with van der Waals surface area (Å²) in [4.78, 5) is 30.9. The van der Waals surface area contributed by atoms with E-state index in [1.165, 1.54) is 12.1 Å². The third-order valence-corrected chi connectivity index (χ3v) is 14.2. The smallest absolute Gasteiger partial charge is 0.307 e. The van der Waals surface area contributed by atoms with Gasteiger partial charge in [0.15, 0.2) is 0 Å². The van der Waals surface area contributed by atoms with Crippen LogP contribution < -0.4 is 19.5 Å². The van der Waals surface area contributed by atoms with E-state index in [-0.39, 0.29) is 48.0 Å². The second-order valence-electron chi connectivity index (χ2n) is 21.4. The van der Waals surface area contributed by atoms with Crippen molar-refractivity contribution in [2.24, 2.45) is 11.8 Å². The van der Waals surface area contributed by atoms with Gasteiger partial charge in [-0.25, -0.2) is 13.8 Å². The van der Waals surface area contributed by atoms with Crippen molar-refractivity contribution in [1.82, 2.24) is 9.97 Å². The van der Waals surface area contributed by atoms with Crippen LogP contribution in [0.5, 0.6) is 17.2 Å². The minimum Gasteiger partial charge on any atom is -0.493 e. The highest BCUT2D eigenvalue weighted by Gasteiger charge is 2.46. The molecule has 1 aromatic heterocycles. The second kappa shape index (κ2) is 21.9. The van der Waals surface area contributed by atoms with Crippen molar-refractivity contribution in [2.75, 3.05) is 18.5 Å². The molecule has 9 rings (SSSR count). The number of carboxylic acid groups (broad SMARTS) is 2. The first-order chi connectivity index (χ1) is 35.0. The van der Waals surface area contributed by atoms with Crippen LogP contribution in [0.15, 0.2) is 91.3 Å². The highest BCUT2D eigenvalue weighted by atomic mass is 19.1. The molecule has 0 saturated heterocycles. The highest BCUT2D eigenvalue weighted by molar-refractivity contribution is 5.78. The van der Waals surface area contributed by atoms with E-state index in [9.17, 15) is 29.3 Å². The van der Waals surface area contributed by atoms with Crippen LogP contribution in [-0.2, 0) is 22.6 Å². The van der Waals surface area contributed by atoms with Gasteiger partial charge >= 0.3 is 11.9 Å². The summed E-state index contributed by atoms with van der Waals surface area (Å²) >= 11 is 0. The quantitative estimate of drug-likeness (QED) is 0.0519. The van der Waals surface area contributed by atoms with Crippen molar-refractivity contribution < 1.29 is 53.0 Å². The van der Waals surface area contributed by atoms with Gasteiger partial charge in [-0.3, -0.25) is 14.6 Å². The molecule has 6 aromatic rings. The largest absolute Gasteiger partial charge is 0.493 e. The average Bonchev–Trinajstić information content (AvgIpc) is 4.26. The van der Waals surface area contributed by atoms with E-state index in [0.29, 0.717) is 73.7 Å². The summed E-state index contributed by atoms with van der Waals surface area (Å²) in [5.41, 5.74) is 10.4. The molecule has 5 atom stereocenters. The molecule has 0 aliphatic heterocycles. The van der Waals surface area contributed by atoms with Gasteiger partial charge in [-0.2, -0.15) is 0 Å². The second-order valence-corrected chi connectivity index (χ2v) is 21.4. The number of aliphatic carboxylic acids is 2. The van der Waals surface area contributed by atoms with Gasteiger partial charge < -0.3 is 40.0 Å². The van der Waals surface area contributed by atoms with Gasteiger partial charge in [-0.15, -0.1) is 0 Å². The molecule has 12 nitrogen and oxygen atoms in total. The van der Waals surface area contributed by atoms with Gasteiger partial charge in [0, 0.05) is 36.4 Å². The first kappa shape index (κ1) is 53.4. The number of anilines is 1. The van der Waals surface area contributed by atoms with Crippen LogP contribution in [0.3, 0.4) is 0 Å². The van der Waals surface area contributed by atoms with Gasteiger partial charge in [-0.1, -0.05) is 24.3 Å². The number of carbonyl (C=O) groups is 2. The predicted octanol–water partition coefficient (Wildman–Crippen LogP) is 12.1. The molecule has 5 aromatic carbocycles. The fourth-order valence-corrected chi connectivity index (χ4v) is 10.0. The van der Waals surface area contributed by atoms with Gasteiger partial charge in [-0.05, 0) is 197 Å². The lowest BCUT2D eigenvalue weighted by Gasteiger charge is -2.20. The number of rotatable bonds is 19. The maximum Gasteiger partial charge on any atom is 0.307 e. The lowest BCUT2D eigenvalue weighted by atomic mass is 9.90. The lowest BCUT2D eigenvalue weighted by molar-refractivity contribution is -0.139. The van der Waals surface area contributed by atoms with E-state index in [2.05, 4.69) is 15.3 Å². The number of benzene rings is 5. The number of aliphatic hydroxyl groups is 2. The third-order valence-electron chi connectivity index (χ3n) is 14.2. The number of nitrogens with zero attached hydrogens (tertiary/aromatic N) is 2. The minimum absolute atomic E-state index is 0.0681. The Morgan fingerprint density at radius 3 is 1.76 bits per heavy atom. The Bertz CT molecular complexity index is 2970. The van der Waals surface area contributed by atoms with E-state index >= 15 is 4.39 Å². The lowest BCUT2D eigenvalue weighted by Crippen LogP contribution is -2.21. The molecule has 3 aliphatic carbocycles. The number of fused-ring (bicyclic) bond motifs is 1. The maximum atomic E-state index is 15.2. The topological polar surface area (TPSA) is 181 Å². The fourth-order valence-electron chi connectivity index (χ4n) is 10.0. The summed E-state index contributed by atoms with van der Waals surface area (Å²) in [5, 5.41) is 41.2. The number of ether oxygens (including phenoxy) is 3. The molecule has 14 heteroatoms. The number of hydrogen-bond donors (Lipinski definition) is 5. The summed E-state index contributed by atoms with van der Waals surface area (Å²) in [6.07, 6.45) is 6.48. The molecular formula is C60H67F2N3O9. The standard InChI is InChI=1S/C32H35FO5.C28H32FN3O4/c1-18-15-22(37-14-13-32(3,4)36)16-19(2)29(18)23-9-11-27(33)30-24(23)10-12-28(30)38-21-7-5-20(6-8-21)25-17-26(25)31(34)35;1-16-9-20(36-8-7-28(3,4)35)10-17(2)26(16)18-5-6-23(29)19(11-18)13-31-25-15-30-24(14-32-25)21-12-22(21)27(33)34/h5-9,11,15-16,25-26,28,36H,10,12-14,17H2,1-4H3,(H,34,35);5-6,9-11,14-15,21-22,35H,7-8,12-13H2,1-4H3,(H,31,32)(H,33,34)/t25-,26+,28-;21-,22-/m10/s1. The number of aryl methyl sites for hydroxylation is 4. The Morgan fingerprint density at radius 2 is 1.23 bits per heavy atom. The number of aromatic nitrogens is 2. The van der Waals surface area contributed by atoms with Crippen LogP contribution in [0.25, 0.3) is 22.3 Å². The SMILES string of the molecule is Cc1cc(OCCC(C)(C)O)cc(C)c1-c1ccc(F)c(CNc2cnc([C@H]3C[C@@H]3C(=O)O)cn2)c1.Cc1cc(OCCC(C)(C)O)cc(C)c1-c1ccc(F)c2c1CC[C@H]2Oc1ccc([C@H]2C[C@@H]2C(=O)O)cc1. The molecule has 1 heterocycles. The van der Waals surface area contributed by atoms with Gasteiger partial charge in [0.2, 0.25) is 0 Å². The number of nitrogens with one attached hydrogen (secondary N) is 1. The van der Waals surface area contributed by atoms with E-state index in [4.69, 9.17) is 19.3 Å². The number of carboxylic acids is 2. The van der Waals surface area contributed by atoms with Gasteiger partial charge in [0.1, 0.15) is 40.8 Å². The molecule has 3 aliphatic rings. The molecule has 5 N–H and O–H groups in total. The summed E-state index contributed by atoms with van der Waals surface area (Å²) in [7, 11) is 0. The minimum atomic E-state index is -0.808. The molecule has 0 unspecified atom stereocenters. The van der Waals surface area contributed by atoms with Crippen LogP contribution in [0.1, 0.15) is 128 Å². The van der Waals surface area contributed by atoms with Crippen molar-refractivity contribution in [1.29, 1.82) is 0 Å². The molecule has 0 spiro atoms. The van der Waals surface area contributed by atoms with Crippen LogP contribution in [0, 0.1) is 51.2 Å². The van der Waals surface area contributed by atoms with Crippen molar-refractivity contribution in [3.8, 4) is 39.5 Å². The van der Waals surface area contributed by atoms with Gasteiger partial charge in [0.25, 0.3) is 0 Å². The summed E-state index contributed by atoms with van der Waals surface area (Å²) in [5.74, 6) is -0.165. The first-order valence-corrected chi connectivity index (χ1v) is 25.3. The Hall–Kier alpha value is -6.90. The summed E-state index contributed by atoms with van der Waals surface area (Å²) in [6.45, 7) is 16.2. The monoisotopic (exact) mass is 1010 g/mol. The molecule has 0 amide bonds. The van der Waals surface area contributed by atoms with E-state index in [0.717, 1.165) is 73.6 Å². The Labute approximate surface area is 431 Å².